The van der Waals surface area contributed by atoms with E-state index in [-0.39, 0.29) is 30.2 Å². The van der Waals surface area contributed by atoms with Crippen LogP contribution in [0.3, 0.4) is 0 Å². The largest absolute Gasteiger partial charge is 0.442 e. The molecular weight excluding hydrogens is 458 g/mol. The summed E-state index contributed by atoms with van der Waals surface area (Å²) in [6.45, 7) is 2.70. The van der Waals surface area contributed by atoms with Crippen LogP contribution in [0, 0.1) is 11.6 Å². The van der Waals surface area contributed by atoms with Crippen molar-refractivity contribution in [2.24, 2.45) is 0 Å². The number of halogens is 2. The highest BCUT2D eigenvalue weighted by atomic mass is 19.1. The fourth-order valence-electron chi connectivity index (χ4n) is 3.86. The third kappa shape index (κ3) is 5.80. The van der Waals surface area contributed by atoms with Crippen LogP contribution in [0.2, 0.25) is 0 Å². The molecule has 0 saturated carbocycles. The molecule has 11 heteroatoms. The molecule has 0 spiro atoms. The van der Waals surface area contributed by atoms with Gasteiger partial charge in [0, 0.05) is 13.5 Å². The molecule has 4 rings (SSSR count). The fraction of sp³-hybridized carbons (Fsp3) is 0.333. The third-order valence-corrected chi connectivity index (χ3v) is 5.44. The summed E-state index contributed by atoms with van der Waals surface area (Å²) in [6.07, 6.45) is 0.530. The molecule has 2 heterocycles. The van der Waals surface area contributed by atoms with E-state index in [1.807, 2.05) is 25.2 Å². The van der Waals surface area contributed by atoms with Gasteiger partial charge >= 0.3 is 6.09 Å². The summed E-state index contributed by atoms with van der Waals surface area (Å²) in [5.74, 6) is -1.85. The van der Waals surface area contributed by atoms with Gasteiger partial charge in [-0.1, -0.05) is 29.5 Å². The van der Waals surface area contributed by atoms with Crippen LogP contribution in [0.15, 0.2) is 42.6 Å². The van der Waals surface area contributed by atoms with Crippen LogP contribution in [-0.2, 0) is 22.6 Å². The van der Waals surface area contributed by atoms with Gasteiger partial charge in [0.1, 0.15) is 17.7 Å². The first-order valence-electron chi connectivity index (χ1n) is 11.0. The Morgan fingerprint density at radius 2 is 1.89 bits per heavy atom. The Morgan fingerprint density at radius 1 is 1.20 bits per heavy atom. The number of nitrogens with zero attached hydrogens (tertiary/aromatic N) is 5. The Bertz CT molecular complexity index is 1210. The second-order valence-corrected chi connectivity index (χ2v) is 8.68. The smallest absolute Gasteiger partial charge is 0.414 e. The average molecular weight is 485 g/mol. The molecule has 35 heavy (non-hydrogen) atoms. The minimum Gasteiger partial charge on any atom is -0.442 e. The summed E-state index contributed by atoms with van der Waals surface area (Å²) in [5, 5.41) is 10.8. The van der Waals surface area contributed by atoms with E-state index >= 15 is 0 Å². The molecule has 1 aliphatic heterocycles. The van der Waals surface area contributed by atoms with E-state index in [0.29, 0.717) is 18.7 Å². The highest BCUT2D eigenvalue weighted by molar-refractivity contribution is 5.90. The summed E-state index contributed by atoms with van der Waals surface area (Å²) in [7, 11) is 3.90. The maximum atomic E-state index is 15.0. The van der Waals surface area contributed by atoms with Gasteiger partial charge in [-0.15, -0.1) is 5.10 Å². The molecule has 1 aliphatic rings. The molecule has 1 fully saturated rings. The third-order valence-electron chi connectivity index (χ3n) is 5.44. The summed E-state index contributed by atoms with van der Waals surface area (Å²) in [4.78, 5) is 26.4. The molecule has 0 radical (unpaired) electrons. The lowest BCUT2D eigenvalue weighted by molar-refractivity contribution is -0.119. The number of ether oxygens (including phenoxy) is 1. The number of carbonyl (C=O) groups is 2. The molecule has 1 saturated heterocycles. The molecule has 2 amide bonds. The first kappa shape index (κ1) is 24.3. The molecule has 1 atom stereocenters. The van der Waals surface area contributed by atoms with Crippen molar-refractivity contribution in [3.8, 4) is 11.1 Å². The van der Waals surface area contributed by atoms with Gasteiger partial charge in [0.2, 0.25) is 5.91 Å². The zero-order chi connectivity index (χ0) is 25.1. The van der Waals surface area contributed by atoms with Crippen LogP contribution in [0.1, 0.15) is 18.2 Å². The van der Waals surface area contributed by atoms with Gasteiger partial charge in [0.25, 0.3) is 0 Å². The van der Waals surface area contributed by atoms with Gasteiger partial charge in [0.05, 0.1) is 42.8 Å². The van der Waals surface area contributed by atoms with E-state index in [2.05, 4.69) is 15.6 Å². The monoisotopic (exact) mass is 484 g/mol. The highest BCUT2D eigenvalue weighted by Gasteiger charge is 2.33. The Morgan fingerprint density at radius 3 is 2.51 bits per heavy atom. The van der Waals surface area contributed by atoms with E-state index in [0.717, 1.165) is 28.3 Å². The summed E-state index contributed by atoms with van der Waals surface area (Å²) in [6, 6.07) is 9.05. The van der Waals surface area contributed by atoms with Gasteiger partial charge in [0.15, 0.2) is 0 Å². The zero-order valence-corrected chi connectivity index (χ0v) is 19.7. The normalized spacial score (nSPS) is 15.5. The van der Waals surface area contributed by atoms with Crippen molar-refractivity contribution >= 4 is 17.7 Å². The van der Waals surface area contributed by atoms with Crippen molar-refractivity contribution in [2.75, 3.05) is 32.1 Å². The van der Waals surface area contributed by atoms with Crippen molar-refractivity contribution in [2.45, 2.75) is 26.1 Å². The van der Waals surface area contributed by atoms with Gasteiger partial charge in [-0.05, 0) is 37.4 Å². The Hall–Kier alpha value is -3.86. The lowest BCUT2D eigenvalue weighted by atomic mass is 10.0. The van der Waals surface area contributed by atoms with E-state index < -0.39 is 23.8 Å². The Kier molecular flexibility index (Phi) is 7.06. The maximum absolute atomic E-state index is 15.0. The van der Waals surface area contributed by atoms with Crippen LogP contribution in [0.25, 0.3) is 11.1 Å². The lowest BCUT2D eigenvalue weighted by Gasteiger charge is -2.15. The fourth-order valence-corrected chi connectivity index (χ4v) is 3.86. The minimum absolute atomic E-state index is 0.0513. The van der Waals surface area contributed by atoms with Crippen LogP contribution >= 0.6 is 0 Å². The quantitative estimate of drug-likeness (QED) is 0.529. The molecule has 1 aromatic heterocycles. The number of amides is 2. The predicted molar refractivity (Wildman–Crippen MR) is 125 cm³/mol. The van der Waals surface area contributed by atoms with Crippen LogP contribution in [0.4, 0.5) is 19.3 Å². The SMILES string of the molecule is CC(=O)NC[C@H]1CN(c2cc(F)c(-c3ccc(Cn4cc(CN(C)C)nn4)cc3)c(F)c2)C(=O)O1. The summed E-state index contributed by atoms with van der Waals surface area (Å²) in [5.41, 5.74) is 1.98. The predicted octanol–water partition coefficient (Wildman–Crippen LogP) is 2.79. The van der Waals surface area contributed by atoms with E-state index in [4.69, 9.17) is 4.74 Å². The molecule has 3 aromatic rings. The topological polar surface area (TPSA) is 92.6 Å². The number of cyclic esters (lactones) is 1. The first-order valence-corrected chi connectivity index (χ1v) is 11.0. The van der Waals surface area contributed by atoms with Crippen LogP contribution in [-0.4, -0.2) is 65.2 Å². The first-order chi connectivity index (χ1) is 16.7. The van der Waals surface area contributed by atoms with E-state index in [1.165, 1.54) is 6.92 Å². The average Bonchev–Trinajstić information content (AvgIpc) is 3.38. The second-order valence-electron chi connectivity index (χ2n) is 8.68. The number of nitrogens with one attached hydrogen (secondary N) is 1. The molecule has 0 bridgehead atoms. The van der Waals surface area contributed by atoms with Gasteiger partial charge in [-0.25, -0.2) is 18.3 Å². The summed E-state index contributed by atoms with van der Waals surface area (Å²) >= 11 is 0. The van der Waals surface area contributed by atoms with Gasteiger partial charge < -0.3 is 15.0 Å². The number of anilines is 1. The van der Waals surface area contributed by atoms with E-state index in [1.54, 1.807) is 28.9 Å². The van der Waals surface area contributed by atoms with Crippen LogP contribution < -0.4 is 10.2 Å². The van der Waals surface area contributed by atoms with E-state index in [9.17, 15) is 18.4 Å². The number of rotatable bonds is 8. The highest BCUT2D eigenvalue weighted by Crippen LogP contribution is 2.32. The molecule has 9 nitrogen and oxygen atoms in total. The number of hydrogen-bond donors (Lipinski definition) is 1. The minimum atomic E-state index is -0.796. The van der Waals surface area contributed by atoms with Crippen molar-refractivity contribution in [1.29, 1.82) is 0 Å². The standard InChI is InChI=1S/C24H26F2N6O3/c1-15(33)27-10-20-14-32(24(34)35-20)19-8-21(25)23(22(26)9-19)17-6-4-16(5-7-17)11-31-13-18(28-29-31)12-30(2)3/h4-9,13,20H,10-12,14H2,1-3H3,(H,27,33)/t20-/m0/s1. The molecule has 0 unspecified atom stereocenters. The van der Waals surface area contributed by atoms with Crippen molar-refractivity contribution in [3.05, 3.63) is 65.5 Å². The van der Waals surface area contributed by atoms with Gasteiger partial charge in [-0.2, -0.15) is 0 Å². The lowest BCUT2D eigenvalue weighted by Crippen LogP contribution is -2.33. The number of aromatic nitrogens is 3. The second kappa shape index (κ2) is 10.2. The molecule has 184 valence electrons. The number of hydrogen-bond acceptors (Lipinski definition) is 6. The van der Waals surface area contributed by atoms with Crippen molar-refractivity contribution in [1.82, 2.24) is 25.2 Å². The number of benzene rings is 2. The zero-order valence-electron chi connectivity index (χ0n) is 19.7. The van der Waals surface area contributed by atoms with Crippen molar-refractivity contribution < 1.29 is 23.1 Å². The van der Waals surface area contributed by atoms with Gasteiger partial charge in [-0.3, -0.25) is 9.69 Å². The summed E-state index contributed by atoms with van der Waals surface area (Å²) < 4.78 is 36.8. The Balaban J connectivity index is 1.47. The molecule has 2 aromatic carbocycles. The van der Waals surface area contributed by atoms with Crippen molar-refractivity contribution in [3.63, 3.8) is 0 Å². The maximum Gasteiger partial charge on any atom is 0.414 e. The molecular formula is C24H26F2N6O3. The molecule has 1 N–H and O–H groups in total. The van der Waals surface area contributed by atoms with Crippen LogP contribution in [0.5, 0.6) is 0 Å². The number of carbonyl (C=O) groups excluding carboxylic acids is 2. The molecule has 0 aliphatic carbocycles. The Labute approximate surface area is 201 Å².